The number of carbonyl (C=O) groups is 2. The van der Waals surface area contributed by atoms with Gasteiger partial charge in [-0.15, -0.1) is 11.8 Å². The summed E-state index contributed by atoms with van der Waals surface area (Å²) in [6.07, 6.45) is 0. The van der Waals surface area contributed by atoms with Crippen LogP contribution in [0.1, 0.15) is 25.0 Å². The fourth-order valence-electron chi connectivity index (χ4n) is 2.23. The molecule has 132 valence electrons. The van der Waals surface area contributed by atoms with E-state index < -0.39 is 0 Å². The molecule has 2 aromatic rings. The van der Waals surface area contributed by atoms with Crippen LogP contribution in [0.15, 0.2) is 47.4 Å². The van der Waals surface area contributed by atoms with E-state index in [1.54, 1.807) is 31.2 Å². The molecule has 2 rings (SSSR count). The fourth-order valence-corrected chi connectivity index (χ4v) is 3.12. The predicted molar refractivity (Wildman–Crippen MR) is 99.0 cm³/mol. The third-order valence-corrected chi connectivity index (χ3v) is 4.66. The number of hydrogen-bond donors (Lipinski definition) is 2. The topological polar surface area (TPSA) is 58.2 Å². The molecule has 6 heteroatoms. The molecule has 0 radical (unpaired) electrons. The number of benzene rings is 2. The van der Waals surface area contributed by atoms with Gasteiger partial charge in [0.15, 0.2) is 0 Å². The molecule has 1 unspecified atom stereocenters. The minimum Gasteiger partial charge on any atom is -0.351 e. The lowest BCUT2D eigenvalue weighted by Crippen LogP contribution is -2.30. The number of amides is 2. The van der Waals surface area contributed by atoms with Crippen molar-refractivity contribution in [3.05, 3.63) is 59.4 Å². The lowest BCUT2D eigenvalue weighted by Gasteiger charge is -2.13. The van der Waals surface area contributed by atoms with Crippen molar-refractivity contribution in [3.63, 3.8) is 0 Å². The van der Waals surface area contributed by atoms with E-state index >= 15 is 0 Å². The van der Waals surface area contributed by atoms with Gasteiger partial charge in [-0.25, -0.2) is 4.39 Å². The van der Waals surface area contributed by atoms with Gasteiger partial charge in [0.05, 0.1) is 5.25 Å². The van der Waals surface area contributed by atoms with Crippen LogP contribution in [-0.2, 0) is 16.1 Å². The molecular formula is C19H21FN2O2S. The smallest absolute Gasteiger partial charge is 0.233 e. The Labute approximate surface area is 151 Å². The van der Waals surface area contributed by atoms with E-state index in [-0.39, 0.29) is 22.9 Å². The zero-order valence-corrected chi connectivity index (χ0v) is 15.2. The monoisotopic (exact) mass is 360 g/mol. The van der Waals surface area contributed by atoms with Gasteiger partial charge in [0.1, 0.15) is 5.82 Å². The summed E-state index contributed by atoms with van der Waals surface area (Å²) in [5, 5.41) is 5.29. The molecule has 0 spiro atoms. The average molecular weight is 360 g/mol. The first-order valence-corrected chi connectivity index (χ1v) is 8.80. The van der Waals surface area contributed by atoms with E-state index in [0.717, 1.165) is 16.1 Å². The number of hydrogen-bond acceptors (Lipinski definition) is 3. The van der Waals surface area contributed by atoms with Crippen LogP contribution in [0.3, 0.4) is 0 Å². The maximum atomic E-state index is 13.3. The van der Waals surface area contributed by atoms with Gasteiger partial charge in [0.25, 0.3) is 0 Å². The Kier molecular flexibility index (Phi) is 6.58. The Balaban J connectivity index is 1.87. The standard InChI is InChI=1S/C19H21FN2O2S/c1-12-10-15(4-9-18(12)20)11-21-19(24)13(2)25-17-7-5-16(6-8-17)22-14(3)23/h4-10,13H,11H2,1-3H3,(H,21,24)(H,22,23). The highest BCUT2D eigenvalue weighted by atomic mass is 32.2. The summed E-state index contributed by atoms with van der Waals surface area (Å²) in [7, 11) is 0. The zero-order chi connectivity index (χ0) is 18.4. The maximum absolute atomic E-state index is 13.3. The van der Waals surface area contributed by atoms with Gasteiger partial charge in [0, 0.05) is 24.1 Å². The van der Waals surface area contributed by atoms with Crippen LogP contribution in [0.4, 0.5) is 10.1 Å². The summed E-state index contributed by atoms with van der Waals surface area (Å²) >= 11 is 1.44. The van der Waals surface area contributed by atoms with Crippen LogP contribution in [0, 0.1) is 12.7 Å². The zero-order valence-electron chi connectivity index (χ0n) is 14.4. The number of aryl methyl sites for hydroxylation is 1. The molecule has 0 saturated carbocycles. The molecule has 0 aliphatic rings. The first-order valence-electron chi connectivity index (χ1n) is 7.92. The quantitative estimate of drug-likeness (QED) is 0.769. The van der Waals surface area contributed by atoms with Crippen molar-refractivity contribution < 1.29 is 14.0 Å². The van der Waals surface area contributed by atoms with Gasteiger partial charge >= 0.3 is 0 Å². The van der Waals surface area contributed by atoms with Crippen LogP contribution in [0.5, 0.6) is 0 Å². The summed E-state index contributed by atoms with van der Waals surface area (Å²) in [5.74, 6) is -0.455. The third kappa shape index (κ3) is 5.90. The Hall–Kier alpha value is -2.34. The second kappa shape index (κ2) is 8.67. The summed E-state index contributed by atoms with van der Waals surface area (Å²) in [6.45, 7) is 5.35. The summed E-state index contributed by atoms with van der Waals surface area (Å²) in [5.41, 5.74) is 2.15. The lowest BCUT2D eigenvalue weighted by molar-refractivity contribution is -0.120. The van der Waals surface area contributed by atoms with Gasteiger partial charge in [-0.3, -0.25) is 9.59 Å². The molecule has 0 aliphatic heterocycles. The summed E-state index contributed by atoms with van der Waals surface area (Å²) in [4.78, 5) is 24.2. The van der Waals surface area contributed by atoms with Crippen molar-refractivity contribution in [2.45, 2.75) is 37.5 Å². The van der Waals surface area contributed by atoms with Crippen LogP contribution >= 0.6 is 11.8 Å². The van der Waals surface area contributed by atoms with Gasteiger partial charge in [-0.1, -0.05) is 12.1 Å². The van der Waals surface area contributed by atoms with E-state index in [1.165, 1.54) is 24.8 Å². The van der Waals surface area contributed by atoms with Gasteiger partial charge in [0.2, 0.25) is 11.8 Å². The Bertz CT molecular complexity index is 763. The highest BCUT2D eigenvalue weighted by molar-refractivity contribution is 8.00. The lowest BCUT2D eigenvalue weighted by atomic mass is 10.1. The minimum absolute atomic E-state index is 0.0853. The molecular weight excluding hydrogens is 339 g/mol. The molecule has 4 nitrogen and oxygen atoms in total. The molecule has 0 aromatic heterocycles. The number of carbonyl (C=O) groups excluding carboxylic acids is 2. The highest BCUT2D eigenvalue weighted by Gasteiger charge is 2.14. The third-order valence-electron chi connectivity index (χ3n) is 3.55. The SMILES string of the molecule is CC(=O)Nc1ccc(SC(C)C(=O)NCc2ccc(F)c(C)c2)cc1. The van der Waals surface area contributed by atoms with E-state index in [0.29, 0.717) is 12.1 Å². The Morgan fingerprint density at radius 3 is 2.44 bits per heavy atom. The largest absolute Gasteiger partial charge is 0.351 e. The van der Waals surface area contributed by atoms with E-state index in [1.807, 2.05) is 19.1 Å². The second-order valence-electron chi connectivity index (χ2n) is 5.77. The van der Waals surface area contributed by atoms with E-state index in [4.69, 9.17) is 0 Å². The van der Waals surface area contributed by atoms with Crippen LogP contribution in [0.2, 0.25) is 0 Å². The van der Waals surface area contributed by atoms with Crippen molar-refractivity contribution in [1.82, 2.24) is 5.32 Å². The van der Waals surface area contributed by atoms with Gasteiger partial charge < -0.3 is 10.6 Å². The second-order valence-corrected chi connectivity index (χ2v) is 7.18. The number of rotatable bonds is 6. The van der Waals surface area contributed by atoms with Gasteiger partial charge in [-0.2, -0.15) is 0 Å². The van der Waals surface area contributed by atoms with Crippen LogP contribution in [0.25, 0.3) is 0 Å². The predicted octanol–water partition coefficient (Wildman–Crippen LogP) is 3.89. The molecule has 0 bridgehead atoms. The van der Waals surface area contributed by atoms with Crippen LogP contribution < -0.4 is 10.6 Å². The number of halogens is 1. The number of thioether (sulfide) groups is 1. The summed E-state index contributed by atoms with van der Waals surface area (Å²) < 4.78 is 13.3. The molecule has 0 fully saturated rings. The molecule has 2 amide bonds. The van der Waals surface area contributed by atoms with Crippen molar-refractivity contribution in [1.29, 1.82) is 0 Å². The molecule has 2 aromatic carbocycles. The number of anilines is 1. The van der Waals surface area contributed by atoms with E-state index in [2.05, 4.69) is 10.6 Å². The van der Waals surface area contributed by atoms with E-state index in [9.17, 15) is 14.0 Å². The first-order chi connectivity index (χ1) is 11.8. The average Bonchev–Trinajstić information content (AvgIpc) is 2.57. The molecule has 0 saturated heterocycles. The number of nitrogens with one attached hydrogen (secondary N) is 2. The van der Waals surface area contributed by atoms with Crippen molar-refractivity contribution >= 4 is 29.3 Å². The van der Waals surface area contributed by atoms with Crippen molar-refractivity contribution in [2.75, 3.05) is 5.32 Å². The van der Waals surface area contributed by atoms with Crippen molar-refractivity contribution in [3.8, 4) is 0 Å². The first kappa shape index (κ1) is 19.0. The maximum Gasteiger partial charge on any atom is 0.233 e. The summed E-state index contributed by atoms with van der Waals surface area (Å²) in [6, 6.07) is 12.1. The minimum atomic E-state index is -0.270. The molecule has 0 aliphatic carbocycles. The van der Waals surface area contributed by atoms with Crippen molar-refractivity contribution in [2.24, 2.45) is 0 Å². The molecule has 0 heterocycles. The molecule has 1 atom stereocenters. The molecule has 2 N–H and O–H groups in total. The Morgan fingerprint density at radius 1 is 1.16 bits per heavy atom. The van der Waals surface area contributed by atoms with Gasteiger partial charge in [-0.05, 0) is 55.3 Å². The normalized spacial score (nSPS) is 11.7. The highest BCUT2D eigenvalue weighted by Crippen LogP contribution is 2.25. The molecule has 25 heavy (non-hydrogen) atoms. The van der Waals surface area contributed by atoms with Crippen LogP contribution in [-0.4, -0.2) is 17.1 Å². The fraction of sp³-hybridized carbons (Fsp3) is 0.263. The Morgan fingerprint density at radius 2 is 1.84 bits per heavy atom.